The topological polar surface area (TPSA) is 59.8 Å². The highest BCUT2D eigenvalue weighted by molar-refractivity contribution is 6.32. The van der Waals surface area contributed by atoms with Crippen molar-refractivity contribution in [1.82, 2.24) is 20.1 Å². The van der Waals surface area contributed by atoms with Gasteiger partial charge in [0.25, 0.3) is 5.91 Å². The van der Waals surface area contributed by atoms with Gasteiger partial charge in [-0.3, -0.25) is 9.78 Å². The fraction of sp³-hybridized carbons (Fsp3) is 0.0455. The van der Waals surface area contributed by atoms with Gasteiger partial charge in [-0.2, -0.15) is 5.10 Å². The number of rotatable bonds is 5. The molecule has 7 heteroatoms. The first-order chi connectivity index (χ1) is 14.1. The van der Waals surface area contributed by atoms with Gasteiger partial charge in [-0.1, -0.05) is 41.9 Å². The molecule has 2 heterocycles. The maximum absolute atomic E-state index is 14.3. The lowest BCUT2D eigenvalue weighted by Gasteiger charge is -2.09. The Balaban J connectivity index is 1.74. The molecule has 0 aliphatic heterocycles. The number of hydrogen-bond acceptors (Lipinski definition) is 3. The van der Waals surface area contributed by atoms with Crippen LogP contribution >= 0.6 is 11.6 Å². The van der Waals surface area contributed by atoms with Gasteiger partial charge in [-0.25, -0.2) is 9.07 Å². The van der Waals surface area contributed by atoms with Crippen LogP contribution in [0.3, 0.4) is 0 Å². The molecule has 0 atom stereocenters. The molecule has 0 saturated carbocycles. The normalized spacial score (nSPS) is 10.7. The monoisotopic (exact) mass is 406 g/mol. The highest BCUT2D eigenvalue weighted by atomic mass is 35.5. The molecule has 0 unspecified atom stereocenters. The molecule has 0 spiro atoms. The predicted molar refractivity (Wildman–Crippen MR) is 109 cm³/mol. The van der Waals surface area contributed by atoms with E-state index in [2.05, 4.69) is 15.4 Å². The highest BCUT2D eigenvalue weighted by Gasteiger charge is 2.20. The molecule has 0 radical (unpaired) electrons. The van der Waals surface area contributed by atoms with Crippen molar-refractivity contribution in [2.75, 3.05) is 0 Å². The summed E-state index contributed by atoms with van der Waals surface area (Å²) in [6.45, 7) is 0.252. The van der Waals surface area contributed by atoms with Crippen LogP contribution in [0.5, 0.6) is 0 Å². The third kappa shape index (κ3) is 4.02. The van der Waals surface area contributed by atoms with Gasteiger partial charge < -0.3 is 5.32 Å². The molecule has 0 fully saturated rings. The van der Waals surface area contributed by atoms with Crippen LogP contribution in [0.25, 0.3) is 16.9 Å². The van der Waals surface area contributed by atoms with E-state index in [0.717, 1.165) is 5.69 Å². The predicted octanol–water partition coefficient (Wildman–Crippen LogP) is 4.66. The van der Waals surface area contributed by atoms with E-state index in [4.69, 9.17) is 11.6 Å². The van der Waals surface area contributed by atoms with Crippen molar-refractivity contribution in [1.29, 1.82) is 0 Å². The fourth-order valence-corrected chi connectivity index (χ4v) is 3.13. The van der Waals surface area contributed by atoms with Crippen LogP contribution in [0.2, 0.25) is 5.02 Å². The van der Waals surface area contributed by atoms with E-state index in [-0.39, 0.29) is 18.1 Å². The van der Waals surface area contributed by atoms with E-state index in [1.54, 1.807) is 60.8 Å². The minimum absolute atomic E-state index is 0.243. The molecule has 2 aromatic heterocycles. The molecule has 4 aromatic rings. The first-order valence-electron chi connectivity index (χ1n) is 8.91. The van der Waals surface area contributed by atoms with E-state index >= 15 is 0 Å². The molecule has 29 heavy (non-hydrogen) atoms. The number of carbonyl (C=O) groups is 1. The van der Waals surface area contributed by atoms with Gasteiger partial charge in [-0.05, 0) is 42.5 Å². The second-order valence-electron chi connectivity index (χ2n) is 6.26. The zero-order chi connectivity index (χ0) is 20.2. The average Bonchev–Trinajstić information content (AvgIpc) is 3.18. The van der Waals surface area contributed by atoms with Gasteiger partial charge in [0.05, 0.1) is 28.6 Å². The Morgan fingerprint density at radius 1 is 1.03 bits per heavy atom. The molecule has 144 valence electrons. The van der Waals surface area contributed by atoms with Crippen molar-refractivity contribution >= 4 is 17.5 Å². The Morgan fingerprint density at radius 3 is 2.55 bits per heavy atom. The summed E-state index contributed by atoms with van der Waals surface area (Å²) in [6, 6.07) is 20.3. The van der Waals surface area contributed by atoms with Crippen LogP contribution in [0, 0.1) is 5.82 Å². The molecule has 0 saturated heterocycles. The third-order valence-corrected chi connectivity index (χ3v) is 4.65. The van der Waals surface area contributed by atoms with Crippen molar-refractivity contribution in [3.8, 4) is 16.9 Å². The lowest BCUT2D eigenvalue weighted by atomic mass is 10.1. The van der Waals surface area contributed by atoms with E-state index in [1.165, 1.54) is 10.7 Å². The Kier molecular flexibility index (Phi) is 5.35. The zero-order valence-electron chi connectivity index (χ0n) is 15.2. The second-order valence-corrected chi connectivity index (χ2v) is 6.67. The molecule has 0 bridgehead atoms. The summed E-state index contributed by atoms with van der Waals surface area (Å²) in [7, 11) is 0. The number of nitrogens with zero attached hydrogens (tertiary/aromatic N) is 3. The Morgan fingerprint density at radius 2 is 1.79 bits per heavy atom. The molecule has 1 amide bonds. The summed E-state index contributed by atoms with van der Waals surface area (Å²) in [6.07, 6.45) is 1.66. The number of para-hydroxylation sites is 1. The summed E-state index contributed by atoms with van der Waals surface area (Å²) in [5, 5.41) is 7.71. The molecule has 2 aromatic carbocycles. The van der Waals surface area contributed by atoms with E-state index in [9.17, 15) is 9.18 Å². The molecular formula is C22H16ClFN4O. The van der Waals surface area contributed by atoms with Gasteiger partial charge >= 0.3 is 0 Å². The average molecular weight is 407 g/mol. The summed E-state index contributed by atoms with van der Waals surface area (Å²) in [5.41, 5.74) is 2.13. The van der Waals surface area contributed by atoms with Gasteiger partial charge in [0.1, 0.15) is 11.5 Å². The van der Waals surface area contributed by atoms with E-state index in [0.29, 0.717) is 22.0 Å². The number of halogens is 2. The van der Waals surface area contributed by atoms with Crippen molar-refractivity contribution in [3.63, 3.8) is 0 Å². The third-order valence-electron chi connectivity index (χ3n) is 4.33. The highest BCUT2D eigenvalue weighted by Crippen LogP contribution is 2.27. The SMILES string of the molecule is O=C(NCc1ccccn1)c1cc(-c2ccccc2F)nn1-c1ccccc1Cl. The summed E-state index contributed by atoms with van der Waals surface area (Å²) >= 11 is 6.32. The summed E-state index contributed by atoms with van der Waals surface area (Å²) in [4.78, 5) is 17.1. The smallest absolute Gasteiger partial charge is 0.270 e. The van der Waals surface area contributed by atoms with Gasteiger partial charge in [-0.15, -0.1) is 0 Å². The van der Waals surface area contributed by atoms with Crippen molar-refractivity contribution in [3.05, 3.63) is 101 Å². The molecule has 0 aliphatic carbocycles. The quantitative estimate of drug-likeness (QED) is 0.524. The number of pyridine rings is 1. The standard InChI is InChI=1S/C22H16ClFN4O/c23-17-9-2-4-11-20(17)28-21(22(29)26-14-15-7-5-6-12-25-15)13-19(27-28)16-8-1-3-10-18(16)24/h1-13H,14H2,(H,26,29). The van der Waals surface area contributed by atoms with Gasteiger partial charge in [0, 0.05) is 11.8 Å². The number of amides is 1. The second kappa shape index (κ2) is 8.24. The van der Waals surface area contributed by atoms with Crippen molar-refractivity contribution in [2.24, 2.45) is 0 Å². The minimum Gasteiger partial charge on any atom is -0.345 e. The van der Waals surface area contributed by atoms with Crippen molar-refractivity contribution in [2.45, 2.75) is 6.54 Å². The largest absolute Gasteiger partial charge is 0.345 e. The van der Waals surface area contributed by atoms with Crippen LogP contribution in [-0.2, 0) is 6.54 Å². The molecule has 5 nitrogen and oxygen atoms in total. The first-order valence-corrected chi connectivity index (χ1v) is 9.29. The maximum atomic E-state index is 14.3. The maximum Gasteiger partial charge on any atom is 0.270 e. The van der Waals surface area contributed by atoms with E-state index in [1.807, 2.05) is 12.1 Å². The van der Waals surface area contributed by atoms with Gasteiger partial charge in [0.15, 0.2) is 0 Å². The first kappa shape index (κ1) is 18.8. The van der Waals surface area contributed by atoms with Gasteiger partial charge in [0.2, 0.25) is 0 Å². The molecule has 1 N–H and O–H groups in total. The van der Waals surface area contributed by atoms with Crippen LogP contribution in [0.1, 0.15) is 16.2 Å². The van der Waals surface area contributed by atoms with E-state index < -0.39 is 5.82 Å². The number of carbonyl (C=O) groups excluding carboxylic acids is 1. The number of nitrogens with one attached hydrogen (secondary N) is 1. The van der Waals surface area contributed by atoms with Crippen LogP contribution in [0.4, 0.5) is 4.39 Å². The fourth-order valence-electron chi connectivity index (χ4n) is 2.91. The van der Waals surface area contributed by atoms with Crippen LogP contribution in [0.15, 0.2) is 79.0 Å². The Hall–Kier alpha value is -3.51. The van der Waals surface area contributed by atoms with Crippen LogP contribution in [-0.4, -0.2) is 20.7 Å². The lowest BCUT2D eigenvalue weighted by Crippen LogP contribution is -2.25. The number of benzene rings is 2. The molecular weight excluding hydrogens is 391 g/mol. The summed E-state index contributed by atoms with van der Waals surface area (Å²) < 4.78 is 15.7. The van der Waals surface area contributed by atoms with Crippen LogP contribution < -0.4 is 5.32 Å². The number of aromatic nitrogens is 3. The minimum atomic E-state index is -0.420. The molecule has 4 rings (SSSR count). The number of hydrogen-bond donors (Lipinski definition) is 1. The van der Waals surface area contributed by atoms with Crippen molar-refractivity contribution < 1.29 is 9.18 Å². The molecule has 0 aliphatic rings. The lowest BCUT2D eigenvalue weighted by molar-refractivity contribution is 0.0942. The Bertz CT molecular complexity index is 1160. The zero-order valence-corrected chi connectivity index (χ0v) is 16.0. The summed E-state index contributed by atoms with van der Waals surface area (Å²) in [5.74, 6) is -0.789. The Labute approximate surface area is 171 Å².